The van der Waals surface area contributed by atoms with Gasteiger partial charge in [-0.25, -0.2) is 14.8 Å². The average molecular weight is 395 g/mol. The zero-order valence-electron chi connectivity index (χ0n) is 17.0. The zero-order valence-corrected chi connectivity index (χ0v) is 17.0. The molecule has 1 unspecified atom stereocenters. The molecule has 1 saturated heterocycles. The molecule has 7 nitrogen and oxygen atoms in total. The molecule has 0 N–H and O–H groups in total. The van der Waals surface area contributed by atoms with Crippen molar-refractivity contribution in [1.29, 1.82) is 0 Å². The van der Waals surface area contributed by atoms with Gasteiger partial charge >= 0.3 is 5.97 Å². The van der Waals surface area contributed by atoms with Crippen LogP contribution in [0.1, 0.15) is 57.1 Å². The number of fused-ring (bicyclic) bond motifs is 2. The van der Waals surface area contributed by atoms with Crippen molar-refractivity contribution in [2.75, 3.05) is 27.3 Å². The van der Waals surface area contributed by atoms with Crippen LogP contribution in [-0.4, -0.2) is 54.1 Å². The van der Waals surface area contributed by atoms with Gasteiger partial charge in [0, 0.05) is 30.3 Å². The largest absolute Gasteiger partial charge is 0.497 e. The fourth-order valence-corrected chi connectivity index (χ4v) is 4.59. The number of aryl methyl sites for hydroxylation is 2. The second-order valence-corrected chi connectivity index (χ2v) is 7.84. The van der Waals surface area contributed by atoms with Crippen LogP contribution in [0.3, 0.4) is 0 Å². The number of esters is 1. The lowest BCUT2D eigenvalue weighted by Gasteiger charge is -2.40. The van der Waals surface area contributed by atoms with E-state index >= 15 is 0 Å². The molecule has 4 rings (SSSR count). The number of hydrogen-bond donors (Lipinski definition) is 0. The molecule has 1 amide bonds. The van der Waals surface area contributed by atoms with Crippen molar-refractivity contribution in [3.05, 3.63) is 52.6 Å². The molecule has 1 aromatic carbocycles. The molecule has 2 aromatic rings. The van der Waals surface area contributed by atoms with Gasteiger partial charge in [-0.1, -0.05) is 0 Å². The van der Waals surface area contributed by atoms with Crippen LogP contribution in [0, 0.1) is 6.92 Å². The van der Waals surface area contributed by atoms with E-state index in [1.807, 2.05) is 18.0 Å². The van der Waals surface area contributed by atoms with Crippen molar-refractivity contribution in [3.63, 3.8) is 0 Å². The fraction of sp³-hybridized carbons (Fsp3) is 0.455. The second kappa shape index (κ2) is 7.46. The monoisotopic (exact) mass is 395 g/mol. The summed E-state index contributed by atoms with van der Waals surface area (Å²) in [5.74, 6) is 0.624. The van der Waals surface area contributed by atoms with Crippen molar-refractivity contribution >= 4 is 11.9 Å². The molecule has 0 radical (unpaired) electrons. The first-order chi connectivity index (χ1) is 14.0. The molecule has 1 aliphatic carbocycles. The van der Waals surface area contributed by atoms with E-state index in [2.05, 4.69) is 4.98 Å². The molecular weight excluding hydrogens is 370 g/mol. The van der Waals surface area contributed by atoms with E-state index in [9.17, 15) is 9.59 Å². The lowest BCUT2D eigenvalue weighted by Crippen LogP contribution is -2.48. The van der Waals surface area contributed by atoms with Gasteiger partial charge in [-0.3, -0.25) is 4.79 Å². The number of aromatic nitrogens is 2. The summed E-state index contributed by atoms with van der Waals surface area (Å²) in [4.78, 5) is 36.3. The topological polar surface area (TPSA) is 81.6 Å². The second-order valence-electron chi connectivity index (χ2n) is 7.84. The summed E-state index contributed by atoms with van der Waals surface area (Å²) in [5, 5.41) is 0. The van der Waals surface area contributed by atoms with Crippen molar-refractivity contribution in [2.45, 2.75) is 38.0 Å². The normalized spacial score (nSPS) is 20.4. The number of nitrogens with zero attached hydrogens (tertiary/aromatic N) is 3. The molecule has 152 valence electrons. The Morgan fingerprint density at radius 3 is 2.69 bits per heavy atom. The highest BCUT2D eigenvalue weighted by Gasteiger charge is 2.44. The molecule has 2 heterocycles. The van der Waals surface area contributed by atoms with E-state index in [0.717, 1.165) is 37.2 Å². The van der Waals surface area contributed by atoms with Crippen molar-refractivity contribution in [1.82, 2.24) is 14.9 Å². The van der Waals surface area contributed by atoms with Gasteiger partial charge in [0.15, 0.2) is 0 Å². The van der Waals surface area contributed by atoms with Crippen molar-refractivity contribution < 1.29 is 19.1 Å². The molecule has 7 heteroatoms. The average Bonchev–Trinajstić information content (AvgIpc) is 3.09. The highest BCUT2D eigenvalue weighted by atomic mass is 16.5. The first-order valence-electron chi connectivity index (χ1n) is 9.85. The highest BCUT2D eigenvalue weighted by Crippen LogP contribution is 2.44. The number of piperidine rings is 1. The van der Waals surface area contributed by atoms with Crippen LogP contribution in [0.15, 0.2) is 24.4 Å². The number of likely N-dealkylation sites (tertiary alicyclic amines) is 1. The van der Waals surface area contributed by atoms with Crippen LogP contribution >= 0.6 is 0 Å². The SMILES string of the molecule is COC(=O)c1cc(OC)cc(C(=O)N2CCCC3(CCc4cnc(C)nc43)C2)c1. The van der Waals surface area contributed by atoms with Crippen LogP contribution in [0.25, 0.3) is 0 Å². The summed E-state index contributed by atoms with van der Waals surface area (Å²) in [5.41, 5.74) is 2.92. The molecule has 1 fully saturated rings. The Bertz CT molecular complexity index is 971. The number of hydrogen-bond acceptors (Lipinski definition) is 6. The lowest BCUT2D eigenvalue weighted by atomic mass is 9.77. The molecule has 1 atom stereocenters. The van der Waals surface area contributed by atoms with E-state index in [4.69, 9.17) is 14.5 Å². The minimum absolute atomic E-state index is 0.104. The molecule has 2 aliphatic rings. The van der Waals surface area contributed by atoms with Crippen LogP contribution in [-0.2, 0) is 16.6 Å². The maximum absolute atomic E-state index is 13.3. The molecule has 1 aliphatic heterocycles. The van der Waals surface area contributed by atoms with Gasteiger partial charge in [-0.05, 0) is 56.4 Å². The van der Waals surface area contributed by atoms with Gasteiger partial charge in [0.05, 0.1) is 25.5 Å². The van der Waals surface area contributed by atoms with Crippen LogP contribution < -0.4 is 4.74 Å². The number of rotatable bonds is 3. The number of ether oxygens (including phenoxy) is 2. The maximum Gasteiger partial charge on any atom is 0.338 e. The first-order valence-corrected chi connectivity index (χ1v) is 9.85. The van der Waals surface area contributed by atoms with Gasteiger partial charge in [0.25, 0.3) is 5.91 Å². The van der Waals surface area contributed by atoms with E-state index in [1.165, 1.54) is 19.8 Å². The summed E-state index contributed by atoms with van der Waals surface area (Å²) in [6, 6.07) is 4.82. The molecule has 29 heavy (non-hydrogen) atoms. The number of benzene rings is 1. The van der Waals surface area contributed by atoms with Gasteiger partial charge in [0.2, 0.25) is 0 Å². The van der Waals surface area contributed by atoms with Crippen LogP contribution in [0.2, 0.25) is 0 Å². The van der Waals surface area contributed by atoms with E-state index in [-0.39, 0.29) is 11.3 Å². The van der Waals surface area contributed by atoms with E-state index < -0.39 is 5.97 Å². The lowest BCUT2D eigenvalue weighted by molar-refractivity contribution is 0.0600. The number of methoxy groups -OCH3 is 2. The Hall–Kier alpha value is -2.96. The Labute approximate surface area is 170 Å². The van der Waals surface area contributed by atoms with Crippen molar-refractivity contribution in [3.8, 4) is 5.75 Å². The summed E-state index contributed by atoms with van der Waals surface area (Å²) >= 11 is 0. The third-order valence-electron chi connectivity index (χ3n) is 6.03. The molecule has 0 saturated carbocycles. The number of carbonyl (C=O) groups is 2. The quantitative estimate of drug-likeness (QED) is 0.744. The van der Waals surface area contributed by atoms with Crippen molar-refractivity contribution in [2.24, 2.45) is 0 Å². The summed E-state index contributed by atoms with van der Waals surface area (Å²) in [7, 11) is 2.83. The minimum atomic E-state index is -0.495. The molecule has 1 spiro atoms. The van der Waals surface area contributed by atoms with E-state index in [1.54, 1.807) is 18.2 Å². The summed E-state index contributed by atoms with van der Waals surface area (Å²) < 4.78 is 10.1. The summed E-state index contributed by atoms with van der Waals surface area (Å²) in [6.07, 6.45) is 5.80. The Morgan fingerprint density at radius 1 is 1.14 bits per heavy atom. The third kappa shape index (κ3) is 3.45. The Morgan fingerprint density at radius 2 is 1.93 bits per heavy atom. The number of carbonyl (C=O) groups excluding carboxylic acids is 2. The standard InChI is InChI=1S/C22H25N3O4/c1-14-23-12-15-5-7-22(19(15)24-14)6-4-8-25(13-22)20(26)16-9-17(21(27)29-3)11-18(10-16)28-2/h9-12H,4-8,13H2,1-3H3. The zero-order chi connectivity index (χ0) is 20.6. The minimum Gasteiger partial charge on any atom is -0.497 e. The Kier molecular flexibility index (Phi) is 4.98. The summed E-state index contributed by atoms with van der Waals surface area (Å²) in [6.45, 7) is 3.22. The van der Waals surface area contributed by atoms with Gasteiger partial charge in [-0.2, -0.15) is 0 Å². The van der Waals surface area contributed by atoms with Crippen LogP contribution in [0.4, 0.5) is 0 Å². The van der Waals surface area contributed by atoms with Crippen LogP contribution in [0.5, 0.6) is 5.75 Å². The maximum atomic E-state index is 13.3. The number of amides is 1. The fourth-order valence-electron chi connectivity index (χ4n) is 4.59. The third-order valence-corrected chi connectivity index (χ3v) is 6.03. The van der Waals surface area contributed by atoms with Gasteiger partial charge < -0.3 is 14.4 Å². The highest BCUT2D eigenvalue weighted by molar-refractivity contribution is 5.98. The molecular formula is C22H25N3O4. The predicted octanol–water partition coefficient (Wildman–Crippen LogP) is 2.70. The smallest absolute Gasteiger partial charge is 0.338 e. The first kappa shape index (κ1) is 19.4. The van der Waals surface area contributed by atoms with Gasteiger partial charge in [0.1, 0.15) is 11.6 Å². The molecule has 1 aromatic heterocycles. The Balaban J connectivity index is 1.64. The van der Waals surface area contributed by atoms with E-state index in [0.29, 0.717) is 30.0 Å². The predicted molar refractivity (Wildman–Crippen MR) is 106 cm³/mol. The molecule has 0 bridgehead atoms. The van der Waals surface area contributed by atoms with Gasteiger partial charge in [-0.15, -0.1) is 0 Å².